The second kappa shape index (κ2) is 4.38. The maximum absolute atomic E-state index is 12.5. The van der Waals surface area contributed by atoms with Crippen molar-refractivity contribution in [2.45, 2.75) is 12.1 Å². The average Bonchev–Trinajstić information content (AvgIpc) is 2.76. The van der Waals surface area contributed by atoms with Crippen LogP contribution in [0.5, 0.6) is 0 Å². The molecule has 1 fully saturated rings. The number of alkyl halides is 3. The number of benzene rings is 1. The van der Waals surface area contributed by atoms with Gasteiger partial charge in [-0.15, -0.1) is 0 Å². The van der Waals surface area contributed by atoms with Crippen LogP contribution in [0.1, 0.15) is 17.2 Å². The summed E-state index contributed by atoms with van der Waals surface area (Å²) >= 11 is 0. The number of hydrogen-bond acceptors (Lipinski definition) is 2. The lowest BCUT2D eigenvalue weighted by molar-refractivity contribution is -0.141. The Morgan fingerprint density at radius 3 is 2.26 bits per heavy atom. The fraction of sp³-hybridized carbons (Fsp3) is 0.308. The van der Waals surface area contributed by atoms with Crippen LogP contribution in [-0.4, -0.2) is 22.9 Å². The van der Waals surface area contributed by atoms with Crippen molar-refractivity contribution < 1.29 is 13.2 Å². The minimum absolute atomic E-state index is 0.511. The predicted octanol–water partition coefficient (Wildman–Crippen LogP) is 2.58. The molecule has 2 aromatic rings. The molecule has 1 aliphatic rings. The number of rotatable bonds is 2. The zero-order chi connectivity index (χ0) is 13.5. The van der Waals surface area contributed by atoms with Crippen molar-refractivity contribution in [3.05, 3.63) is 47.8 Å². The molecule has 1 aliphatic heterocycles. The third kappa shape index (κ3) is 2.35. The van der Waals surface area contributed by atoms with Crippen molar-refractivity contribution in [2.75, 3.05) is 13.1 Å². The van der Waals surface area contributed by atoms with Crippen LogP contribution in [0, 0.1) is 0 Å². The molecule has 0 radical (unpaired) electrons. The van der Waals surface area contributed by atoms with Crippen LogP contribution in [0.25, 0.3) is 5.69 Å². The molecule has 0 spiro atoms. The molecule has 1 aromatic carbocycles. The molecular weight excluding hydrogens is 255 g/mol. The Labute approximate surface area is 108 Å². The van der Waals surface area contributed by atoms with Gasteiger partial charge < -0.3 is 5.32 Å². The van der Waals surface area contributed by atoms with Gasteiger partial charge in [0, 0.05) is 25.2 Å². The maximum atomic E-state index is 12.5. The van der Waals surface area contributed by atoms with Gasteiger partial charge in [0.05, 0.1) is 5.69 Å². The molecule has 0 amide bonds. The summed E-state index contributed by atoms with van der Waals surface area (Å²) in [6.45, 7) is 1.92. The SMILES string of the molecule is FC(F)(F)c1ccn(-c2ccc(C3CNC3)cc2)n1. The summed E-state index contributed by atoms with van der Waals surface area (Å²) in [7, 11) is 0. The standard InChI is InChI=1S/C13H12F3N3/c14-13(15,16)12-5-6-19(18-12)11-3-1-9(2-4-11)10-7-17-8-10/h1-6,10,17H,7-8H2. The Balaban J connectivity index is 1.83. The third-order valence-electron chi connectivity index (χ3n) is 3.29. The van der Waals surface area contributed by atoms with E-state index in [1.807, 2.05) is 12.1 Å². The van der Waals surface area contributed by atoms with Gasteiger partial charge in [0.15, 0.2) is 5.69 Å². The summed E-state index contributed by atoms with van der Waals surface area (Å²) in [6.07, 6.45) is -3.08. The average molecular weight is 267 g/mol. The first-order valence-corrected chi connectivity index (χ1v) is 5.98. The Bertz CT molecular complexity index is 568. The molecule has 2 heterocycles. The summed E-state index contributed by atoms with van der Waals surface area (Å²) in [5.74, 6) is 0.511. The summed E-state index contributed by atoms with van der Waals surface area (Å²) in [6, 6.07) is 8.44. The summed E-state index contributed by atoms with van der Waals surface area (Å²) in [5, 5.41) is 6.72. The lowest BCUT2D eigenvalue weighted by atomic mass is 9.94. The van der Waals surface area contributed by atoms with E-state index in [2.05, 4.69) is 10.4 Å². The van der Waals surface area contributed by atoms with Crippen molar-refractivity contribution in [2.24, 2.45) is 0 Å². The van der Waals surface area contributed by atoms with E-state index in [4.69, 9.17) is 0 Å². The first-order chi connectivity index (χ1) is 9.04. The maximum Gasteiger partial charge on any atom is 0.435 e. The minimum atomic E-state index is -4.40. The predicted molar refractivity (Wildman–Crippen MR) is 64.2 cm³/mol. The van der Waals surface area contributed by atoms with E-state index in [9.17, 15) is 13.2 Å². The zero-order valence-corrected chi connectivity index (χ0v) is 9.98. The molecule has 0 aliphatic carbocycles. The summed E-state index contributed by atoms with van der Waals surface area (Å²) < 4.78 is 38.6. The number of halogens is 3. The van der Waals surface area contributed by atoms with Gasteiger partial charge in [-0.05, 0) is 23.8 Å². The number of aromatic nitrogens is 2. The number of nitrogens with zero attached hydrogens (tertiary/aromatic N) is 2. The van der Waals surface area contributed by atoms with Gasteiger partial charge in [-0.2, -0.15) is 18.3 Å². The highest BCUT2D eigenvalue weighted by atomic mass is 19.4. The molecule has 0 bridgehead atoms. The van der Waals surface area contributed by atoms with Gasteiger partial charge in [0.2, 0.25) is 0 Å². The molecule has 6 heteroatoms. The van der Waals surface area contributed by atoms with Crippen LogP contribution < -0.4 is 5.32 Å². The van der Waals surface area contributed by atoms with Crippen molar-refractivity contribution >= 4 is 0 Å². The number of hydrogen-bond donors (Lipinski definition) is 1. The van der Waals surface area contributed by atoms with E-state index >= 15 is 0 Å². The fourth-order valence-electron chi connectivity index (χ4n) is 2.04. The molecule has 0 atom stereocenters. The van der Waals surface area contributed by atoms with Crippen molar-refractivity contribution in [1.82, 2.24) is 15.1 Å². The second-order valence-electron chi connectivity index (χ2n) is 4.59. The van der Waals surface area contributed by atoms with Crippen LogP contribution in [0.3, 0.4) is 0 Å². The Morgan fingerprint density at radius 2 is 1.79 bits per heavy atom. The van der Waals surface area contributed by atoms with Crippen molar-refractivity contribution in [3.63, 3.8) is 0 Å². The Hall–Kier alpha value is -1.82. The molecule has 1 aromatic heterocycles. The zero-order valence-electron chi connectivity index (χ0n) is 9.98. The molecule has 0 saturated carbocycles. The molecule has 3 rings (SSSR count). The Morgan fingerprint density at radius 1 is 1.11 bits per heavy atom. The highest BCUT2D eigenvalue weighted by molar-refractivity contribution is 5.36. The Kier molecular flexibility index (Phi) is 2.82. The summed E-state index contributed by atoms with van der Waals surface area (Å²) in [4.78, 5) is 0. The van der Waals surface area contributed by atoms with E-state index < -0.39 is 11.9 Å². The van der Waals surface area contributed by atoms with Crippen molar-refractivity contribution in [1.29, 1.82) is 0 Å². The van der Waals surface area contributed by atoms with Gasteiger partial charge in [-0.25, -0.2) is 4.68 Å². The molecule has 1 saturated heterocycles. The van der Waals surface area contributed by atoms with Crippen LogP contribution in [0.15, 0.2) is 36.5 Å². The van der Waals surface area contributed by atoms with Crippen LogP contribution in [0.4, 0.5) is 13.2 Å². The lowest BCUT2D eigenvalue weighted by Gasteiger charge is -2.27. The monoisotopic (exact) mass is 267 g/mol. The first-order valence-electron chi connectivity index (χ1n) is 5.98. The van der Waals surface area contributed by atoms with Gasteiger partial charge in [0.25, 0.3) is 0 Å². The smallest absolute Gasteiger partial charge is 0.315 e. The van der Waals surface area contributed by atoms with Crippen LogP contribution >= 0.6 is 0 Å². The molecular formula is C13H12F3N3. The quantitative estimate of drug-likeness (QED) is 0.906. The van der Waals surface area contributed by atoms with E-state index in [0.717, 1.165) is 19.2 Å². The normalized spacial score (nSPS) is 16.4. The second-order valence-corrected chi connectivity index (χ2v) is 4.59. The topological polar surface area (TPSA) is 29.9 Å². The minimum Gasteiger partial charge on any atom is -0.315 e. The molecule has 3 nitrogen and oxygen atoms in total. The molecule has 19 heavy (non-hydrogen) atoms. The van der Waals surface area contributed by atoms with Crippen LogP contribution in [0.2, 0.25) is 0 Å². The largest absolute Gasteiger partial charge is 0.435 e. The van der Waals surface area contributed by atoms with Gasteiger partial charge in [0.1, 0.15) is 0 Å². The highest BCUT2D eigenvalue weighted by Gasteiger charge is 2.33. The number of nitrogens with one attached hydrogen (secondary N) is 1. The summed E-state index contributed by atoms with van der Waals surface area (Å²) in [5.41, 5.74) is 0.956. The van der Waals surface area contributed by atoms with E-state index in [1.54, 1.807) is 12.1 Å². The molecule has 100 valence electrons. The fourth-order valence-corrected chi connectivity index (χ4v) is 2.04. The van der Waals surface area contributed by atoms with E-state index in [0.29, 0.717) is 11.6 Å². The van der Waals surface area contributed by atoms with Crippen LogP contribution in [-0.2, 0) is 6.18 Å². The van der Waals surface area contributed by atoms with E-state index in [1.165, 1.54) is 16.4 Å². The van der Waals surface area contributed by atoms with E-state index in [-0.39, 0.29) is 0 Å². The lowest BCUT2D eigenvalue weighted by Crippen LogP contribution is -2.39. The molecule has 1 N–H and O–H groups in total. The first kappa shape index (κ1) is 12.2. The molecule has 0 unspecified atom stereocenters. The highest BCUT2D eigenvalue weighted by Crippen LogP contribution is 2.28. The van der Waals surface area contributed by atoms with Gasteiger partial charge in [-0.3, -0.25) is 0 Å². The third-order valence-corrected chi connectivity index (χ3v) is 3.29. The van der Waals surface area contributed by atoms with Crippen molar-refractivity contribution in [3.8, 4) is 5.69 Å². The van der Waals surface area contributed by atoms with Gasteiger partial charge in [-0.1, -0.05) is 12.1 Å². The van der Waals surface area contributed by atoms with Gasteiger partial charge >= 0.3 is 6.18 Å².